The fourth-order valence-electron chi connectivity index (χ4n) is 2.82. The molecule has 3 rings (SSSR count). The molecular formula is C25H30N6O3. The molecule has 0 saturated carbocycles. The highest BCUT2D eigenvalue weighted by Gasteiger charge is 2.21. The van der Waals surface area contributed by atoms with Gasteiger partial charge < -0.3 is 15.4 Å². The van der Waals surface area contributed by atoms with E-state index in [1.807, 2.05) is 65.8 Å². The lowest BCUT2D eigenvalue weighted by Crippen LogP contribution is -2.40. The molecule has 3 aromatic rings. The Morgan fingerprint density at radius 2 is 1.41 bits per heavy atom. The number of rotatable bonds is 5. The van der Waals surface area contributed by atoms with Crippen LogP contribution in [0.4, 0.5) is 10.5 Å². The zero-order valence-corrected chi connectivity index (χ0v) is 20.3. The smallest absolute Gasteiger partial charge is 0.407 e. The molecule has 0 atom stereocenters. The third kappa shape index (κ3) is 6.81. The van der Waals surface area contributed by atoms with E-state index < -0.39 is 11.5 Å². The average molecular weight is 463 g/mol. The molecule has 0 aliphatic heterocycles. The van der Waals surface area contributed by atoms with Crippen LogP contribution in [0.15, 0.2) is 48.5 Å². The Morgan fingerprint density at radius 1 is 0.824 bits per heavy atom. The van der Waals surface area contributed by atoms with Gasteiger partial charge in [-0.25, -0.2) is 4.79 Å². The van der Waals surface area contributed by atoms with E-state index in [0.717, 1.165) is 11.1 Å². The molecule has 9 nitrogen and oxygen atoms in total. The molecule has 9 heteroatoms. The third-order valence-electron chi connectivity index (χ3n) is 4.66. The summed E-state index contributed by atoms with van der Waals surface area (Å²) in [6.07, 6.45) is -0.503. The number of hydrogen-bond acceptors (Lipinski definition) is 7. The van der Waals surface area contributed by atoms with Gasteiger partial charge >= 0.3 is 6.09 Å². The summed E-state index contributed by atoms with van der Waals surface area (Å²) in [5.41, 5.74) is 1.95. The second kappa shape index (κ2) is 9.94. The maximum absolute atomic E-state index is 12.1. The lowest BCUT2D eigenvalue weighted by atomic mass is 9.95. The van der Waals surface area contributed by atoms with Crippen molar-refractivity contribution in [1.29, 1.82) is 0 Å². The Balaban J connectivity index is 1.71. The highest BCUT2D eigenvalue weighted by atomic mass is 16.5. The first-order valence-electron chi connectivity index (χ1n) is 10.9. The van der Waals surface area contributed by atoms with Crippen molar-refractivity contribution in [1.82, 2.24) is 25.7 Å². The van der Waals surface area contributed by atoms with Crippen molar-refractivity contribution in [2.45, 2.75) is 53.7 Å². The number of carbonyl (C=O) groups is 2. The third-order valence-corrected chi connectivity index (χ3v) is 4.66. The molecule has 2 amide bonds. The van der Waals surface area contributed by atoms with Gasteiger partial charge in [-0.2, -0.15) is 0 Å². The second-order valence-corrected chi connectivity index (χ2v) is 9.94. The summed E-state index contributed by atoms with van der Waals surface area (Å²) >= 11 is 0. The summed E-state index contributed by atoms with van der Waals surface area (Å²) in [5, 5.41) is 22.5. The van der Waals surface area contributed by atoms with Gasteiger partial charge in [-0.3, -0.25) is 4.79 Å². The zero-order valence-electron chi connectivity index (χ0n) is 20.3. The van der Waals surface area contributed by atoms with Gasteiger partial charge in [0.1, 0.15) is 6.61 Å². The Kier molecular flexibility index (Phi) is 7.24. The van der Waals surface area contributed by atoms with Gasteiger partial charge in [0.25, 0.3) is 0 Å². The molecular weight excluding hydrogens is 432 g/mol. The first kappa shape index (κ1) is 24.8. The predicted molar refractivity (Wildman–Crippen MR) is 130 cm³/mol. The number of ether oxygens (including phenoxy) is 1. The van der Waals surface area contributed by atoms with Gasteiger partial charge in [0, 0.05) is 33.3 Å². The fraction of sp³-hybridized carbons (Fsp3) is 0.360. The second-order valence-electron chi connectivity index (χ2n) is 9.94. The van der Waals surface area contributed by atoms with Gasteiger partial charge in [0.2, 0.25) is 17.6 Å². The lowest BCUT2D eigenvalue weighted by Gasteiger charge is -2.20. The van der Waals surface area contributed by atoms with Crippen molar-refractivity contribution >= 4 is 17.7 Å². The van der Waals surface area contributed by atoms with Gasteiger partial charge in [-0.05, 0) is 45.0 Å². The minimum absolute atomic E-state index is 0.0605. The highest BCUT2D eigenvalue weighted by Crippen LogP contribution is 2.23. The van der Waals surface area contributed by atoms with Crippen molar-refractivity contribution in [3.8, 4) is 22.8 Å². The number of nitrogens with zero attached hydrogens (tertiary/aromatic N) is 4. The molecule has 0 saturated heterocycles. The number of aromatic nitrogens is 4. The van der Waals surface area contributed by atoms with E-state index in [4.69, 9.17) is 4.74 Å². The summed E-state index contributed by atoms with van der Waals surface area (Å²) in [5.74, 6) is 0.617. The maximum Gasteiger partial charge on any atom is 0.407 e. The Hall–Kier alpha value is -3.88. The Labute approximate surface area is 199 Å². The fourth-order valence-corrected chi connectivity index (χ4v) is 2.82. The summed E-state index contributed by atoms with van der Waals surface area (Å²) in [6.45, 7) is 11.3. The van der Waals surface area contributed by atoms with Gasteiger partial charge in [0.05, 0.1) is 0 Å². The van der Waals surface area contributed by atoms with Crippen LogP contribution in [0, 0.1) is 5.41 Å². The molecule has 1 aromatic heterocycles. The van der Waals surface area contributed by atoms with E-state index in [1.54, 1.807) is 24.3 Å². The molecule has 0 unspecified atom stereocenters. The largest absolute Gasteiger partial charge is 0.445 e. The number of benzene rings is 2. The number of nitrogens with one attached hydrogen (secondary N) is 2. The molecule has 1 heterocycles. The standard InChI is InChI=1S/C25H30N6O3/c1-24(2,3)22(32)26-18-13-11-16(12-14-18)20-28-30-21(31-29-20)19-10-8-7-9-17(19)15-34-23(33)27-25(4,5)6/h7-14H,15H2,1-6H3,(H,26,32)(H,27,33). The van der Waals surface area contributed by atoms with Crippen LogP contribution in [0.3, 0.4) is 0 Å². The summed E-state index contributed by atoms with van der Waals surface area (Å²) in [7, 11) is 0. The molecule has 2 aromatic carbocycles. The van der Waals surface area contributed by atoms with Gasteiger partial charge in [0.15, 0.2) is 0 Å². The van der Waals surface area contributed by atoms with E-state index in [1.165, 1.54) is 0 Å². The maximum atomic E-state index is 12.1. The van der Waals surface area contributed by atoms with E-state index >= 15 is 0 Å². The number of amides is 2. The molecule has 0 aliphatic carbocycles. The van der Waals surface area contributed by atoms with Crippen LogP contribution in [0.25, 0.3) is 22.8 Å². The van der Waals surface area contributed by atoms with Crippen LogP contribution in [0.1, 0.15) is 47.1 Å². The molecule has 0 fully saturated rings. The molecule has 178 valence electrons. The van der Waals surface area contributed by atoms with Crippen LogP contribution >= 0.6 is 0 Å². The highest BCUT2D eigenvalue weighted by molar-refractivity contribution is 5.94. The van der Waals surface area contributed by atoms with Crippen LogP contribution in [-0.4, -0.2) is 37.9 Å². The average Bonchev–Trinajstić information content (AvgIpc) is 2.77. The molecule has 34 heavy (non-hydrogen) atoms. The molecule has 0 radical (unpaired) electrons. The molecule has 2 N–H and O–H groups in total. The van der Waals surface area contributed by atoms with Crippen LogP contribution in [0.5, 0.6) is 0 Å². The van der Waals surface area contributed by atoms with Gasteiger partial charge in [-0.15, -0.1) is 20.4 Å². The Morgan fingerprint density at radius 3 is 2.00 bits per heavy atom. The lowest BCUT2D eigenvalue weighted by molar-refractivity contribution is -0.123. The first-order chi connectivity index (χ1) is 15.9. The predicted octanol–water partition coefficient (Wildman–Crippen LogP) is 4.61. The van der Waals surface area contributed by atoms with Gasteiger partial charge in [-0.1, -0.05) is 45.0 Å². The topological polar surface area (TPSA) is 119 Å². The number of carbonyl (C=O) groups excluding carboxylic acids is 2. The van der Waals surface area contributed by atoms with Crippen LogP contribution in [0.2, 0.25) is 0 Å². The van der Waals surface area contributed by atoms with E-state index in [2.05, 4.69) is 31.0 Å². The van der Waals surface area contributed by atoms with Crippen molar-refractivity contribution in [3.63, 3.8) is 0 Å². The quantitative estimate of drug-likeness (QED) is 0.568. The SMILES string of the molecule is CC(C)(C)NC(=O)OCc1ccccc1-c1nnc(-c2ccc(NC(=O)C(C)(C)C)cc2)nn1. The molecule has 0 spiro atoms. The Bertz CT molecular complexity index is 1150. The van der Waals surface area contributed by atoms with Crippen LogP contribution < -0.4 is 10.6 Å². The number of hydrogen-bond donors (Lipinski definition) is 2. The first-order valence-corrected chi connectivity index (χ1v) is 10.9. The zero-order chi connectivity index (χ0) is 24.9. The number of alkyl carbamates (subject to hydrolysis) is 1. The minimum atomic E-state index is -0.503. The molecule has 0 bridgehead atoms. The normalized spacial score (nSPS) is 11.6. The van der Waals surface area contributed by atoms with Crippen LogP contribution in [-0.2, 0) is 16.1 Å². The minimum Gasteiger partial charge on any atom is -0.445 e. The monoisotopic (exact) mass is 462 g/mol. The van der Waals surface area contributed by atoms with Crippen molar-refractivity contribution in [2.24, 2.45) is 5.41 Å². The summed E-state index contributed by atoms with van der Waals surface area (Å²) in [6, 6.07) is 14.5. The number of anilines is 1. The van der Waals surface area contributed by atoms with E-state index in [9.17, 15) is 9.59 Å². The summed E-state index contributed by atoms with van der Waals surface area (Å²) < 4.78 is 5.34. The van der Waals surface area contributed by atoms with E-state index in [-0.39, 0.29) is 18.1 Å². The van der Waals surface area contributed by atoms with Crippen molar-refractivity contribution < 1.29 is 14.3 Å². The van der Waals surface area contributed by atoms with Crippen molar-refractivity contribution in [2.75, 3.05) is 5.32 Å². The van der Waals surface area contributed by atoms with Crippen molar-refractivity contribution in [3.05, 3.63) is 54.1 Å². The summed E-state index contributed by atoms with van der Waals surface area (Å²) in [4.78, 5) is 24.1. The van der Waals surface area contributed by atoms with E-state index in [0.29, 0.717) is 22.9 Å². The molecule has 0 aliphatic rings.